The first kappa shape index (κ1) is 17.6. The highest BCUT2D eigenvalue weighted by atomic mass is 32.1. The SMILES string of the molecule is CC(=O)NCc1ccc(-c2csc(CC(=O)N3CCOCC3)n2)cc1. The normalized spacial score (nSPS) is 14.4. The Balaban J connectivity index is 1.60. The first-order chi connectivity index (χ1) is 12.1. The fourth-order valence-corrected chi connectivity index (χ4v) is 3.39. The second-order valence-electron chi connectivity index (χ2n) is 5.90. The lowest BCUT2D eigenvalue weighted by molar-refractivity contribution is -0.134. The van der Waals surface area contributed by atoms with Crippen LogP contribution in [0.3, 0.4) is 0 Å². The summed E-state index contributed by atoms with van der Waals surface area (Å²) in [6.45, 7) is 4.56. The van der Waals surface area contributed by atoms with Crippen molar-refractivity contribution >= 4 is 23.2 Å². The number of ether oxygens (including phenoxy) is 1. The Morgan fingerprint density at radius 3 is 2.64 bits per heavy atom. The molecule has 1 fully saturated rings. The molecule has 1 aromatic carbocycles. The van der Waals surface area contributed by atoms with Gasteiger partial charge in [0.25, 0.3) is 0 Å². The smallest absolute Gasteiger partial charge is 0.229 e. The Morgan fingerprint density at radius 2 is 1.96 bits per heavy atom. The minimum atomic E-state index is -0.0434. The van der Waals surface area contributed by atoms with Crippen molar-refractivity contribution in [3.8, 4) is 11.3 Å². The van der Waals surface area contributed by atoms with Gasteiger partial charge in [-0.3, -0.25) is 9.59 Å². The van der Waals surface area contributed by atoms with Crippen LogP contribution in [0, 0.1) is 0 Å². The standard InChI is InChI=1S/C18H21N3O3S/c1-13(22)19-11-14-2-4-15(5-3-14)16-12-25-17(20-16)10-18(23)21-6-8-24-9-7-21/h2-5,12H,6-11H2,1H3,(H,19,22). The van der Waals surface area contributed by atoms with Crippen LogP contribution >= 0.6 is 11.3 Å². The molecule has 7 heteroatoms. The monoisotopic (exact) mass is 359 g/mol. The Morgan fingerprint density at radius 1 is 1.24 bits per heavy atom. The largest absolute Gasteiger partial charge is 0.378 e. The molecule has 132 valence electrons. The number of nitrogens with one attached hydrogen (secondary N) is 1. The van der Waals surface area contributed by atoms with E-state index in [1.807, 2.05) is 34.5 Å². The van der Waals surface area contributed by atoms with Gasteiger partial charge in [0.15, 0.2) is 0 Å². The molecule has 0 aliphatic carbocycles. The highest BCUT2D eigenvalue weighted by molar-refractivity contribution is 7.10. The number of nitrogens with zero attached hydrogens (tertiary/aromatic N) is 2. The van der Waals surface area contributed by atoms with Gasteiger partial charge in [-0.05, 0) is 5.56 Å². The van der Waals surface area contributed by atoms with Crippen molar-refractivity contribution in [2.24, 2.45) is 0 Å². The second kappa shape index (κ2) is 8.22. The fraction of sp³-hybridized carbons (Fsp3) is 0.389. The second-order valence-corrected chi connectivity index (χ2v) is 6.85. The highest BCUT2D eigenvalue weighted by Crippen LogP contribution is 2.23. The third-order valence-electron chi connectivity index (χ3n) is 4.01. The lowest BCUT2D eigenvalue weighted by atomic mass is 10.1. The zero-order chi connectivity index (χ0) is 17.6. The number of aromatic nitrogens is 1. The number of amides is 2. The lowest BCUT2D eigenvalue weighted by Gasteiger charge is -2.26. The van der Waals surface area contributed by atoms with Gasteiger partial charge in [0.2, 0.25) is 11.8 Å². The van der Waals surface area contributed by atoms with Crippen LogP contribution in [-0.2, 0) is 27.3 Å². The van der Waals surface area contributed by atoms with Crippen LogP contribution in [0.4, 0.5) is 0 Å². The van der Waals surface area contributed by atoms with Crippen molar-refractivity contribution in [1.29, 1.82) is 0 Å². The quantitative estimate of drug-likeness (QED) is 0.884. The van der Waals surface area contributed by atoms with E-state index >= 15 is 0 Å². The van der Waals surface area contributed by atoms with Crippen LogP contribution in [0.25, 0.3) is 11.3 Å². The van der Waals surface area contributed by atoms with E-state index in [0.29, 0.717) is 39.3 Å². The van der Waals surface area contributed by atoms with Gasteiger partial charge in [-0.1, -0.05) is 24.3 Å². The molecule has 1 N–H and O–H groups in total. The Kier molecular flexibility index (Phi) is 5.78. The van der Waals surface area contributed by atoms with Gasteiger partial charge in [0.05, 0.1) is 25.3 Å². The molecule has 0 atom stereocenters. The Labute approximate surface area is 150 Å². The van der Waals surface area contributed by atoms with Crippen LogP contribution in [0.2, 0.25) is 0 Å². The van der Waals surface area contributed by atoms with Crippen molar-refractivity contribution in [2.45, 2.75) is 19.9 Å². The topological polar surface area (TPSA) is 71.5 Å². The molecule has 3 rings (SSSR count). The molecule has 0 spiro atoms. The number of carbonyl (C=O) groups excluding carboxylic acids is 2. The van der Waals surface area contributed by atoms with Gasteiger partial charge >= 0.3 is 0 Å². The van der Waals surface area contributed by atoms with Gasteiger partial charge in [0, 0.05) is 37.5 Å². The number of rotatable bonds is 5. The number of hydrogen-bond acceptors (Lipinski definition) is 5. The molecule has 2 heterocycles. The van der Waals surface area contributed by atoms with Crippen LogP contribution in [0.15, 0.2) is 29.6 Å². The molecule has 0 bridgehead atoms. The predicted molar refractivity (Wildman–Crippen MR) is 96.2 cm³/mol. The Bertz CT molecular complexity index is 736. The van der Waals surface area contributed by atoms with Crippen molar-refractivity contribution in [2.75, 3.05) is 26.3 Å². The van der Waals surface area contributed by atoms with E-state index in [1.54, 1.807) is 0 Å². The number of benzene rings is 1. The van der Waals surface area contributed by atoms with Crippen LogP contribution < -0.4 is 5.32 Å². The molecule has 1 aliphatic rings. The molecular formula is C18H21N3O3S. The van der Waals surface area contributed by atoms with E-state index in [-0.39, 0.29) is 11.8 Å². The van der Waals surface area contributed by atoms with E-state index in [9.17, 15) is 9.59 Å². The van der Waals surface area contributed by atoms with Gasteiger partial charge in [-0.25, -0.2) is 4.98 Å². The van der Waals surface area contributed by atoms with Crippen molar-refractivity contribution in [3.63, 3.8) is 0 Å². The van der Waals surface area contributed by atoms with Crippen molar-refractivity contribution in [3.05, 3.63) is 40.2 Å². The molecular weight excluding hydrogens is 338 g/mol. The molecule has 2 aromatic rings. The number of hydrogen-bond donors (Lipinski definition) is 1. The molecule has 6 nitrogen and oxygen atoms in total. The minimum absolute atomic E-state index is 0.0434. The third-order valence-corrected chi connectivity index (χ3v) is 4.86. The third kappa shape index (κ3) is 4.87. The molecule has 25 heavy (non-hydrogen) atoms. The van der Waals surface area contributed by atoms with E-state index in [4.69, 9.17) is 4.74 Å². The summed E-state index contributed by atoms with van der Waals surface area (Å²) in [5.41, 5.74) is 2.92. The summed E-state index contributed by atoms with van der Waals surface area (Å²) in [6, 6.07) is 7.92. The summed E-state index contributed by atoms with van der Waals surface area (Å²) in [7, 11) is 0. The Hall–Kier alpha value is -2.25. The zero-order valence-electron chi connectivity index (χ0n) is 14.2. The maximum atomic E-state index is 12.3. The predicted octanol–water partition coefficient (Wildman–Crippen LogP) is 1.85. The van der Waals surface area contributed by atoms with E-state index in [1.165, 1.54) is 18.3 Å². The molecule has 0 unspecified atom stereocenters. The summed E-state index contributed by atoms with van der Waals surface area (Å²) in [6.07, 6.45) is 0.339. The van der Waals surface area contributed by atoms with Crippen LogP contribution in [0.5, 0.6) is 0 Å². The van der Waals surface area contributed by atoms with E-state index < -0.39 is 0 Å². The van der Waals surface area contributed by atoms with E-state index in [0.717, 1.165) is 21.8 Å². The molecule has 2 amide bonds. The van der Waals surface area contributed by atoms with Gasteiger partial charge in [-0.2, -0.15) is 0 Å². The lowest BCUT2D eigenvalue weighted by Crippen LogP contribution is -2.41. The summed E-state index contributed by atoms with van der Waals surface area (Å²) < 4.78 is 5.27. The fourth-order valence-electron chi connectivity index (χ4n) is 2.60. The van der Waals surface area contributed by atoms with Gasteiger partial charge in [-0.15, -0.1) is 11.3 Å². The minimum Gasteiger partial charge on any atom is -0.378 e. The molecule has 0 radical (unpaired) electrons. The maximum absolute atomic E-state index is 12.3. The van der Waals surface area contributed by atoms with Crippen molar-refractivity contribution in [1.82, 2.24) is 15.2 Å². The summed E-state index contributed by atoms with van der Waals surface area (Å²) in [5, 5.41) is 5.58. The summed E-state index contributed by atoms with van der Waals surface area (Å²) in [5.74, 6) is 0.0630. The van der Waals surface area contributed by atoms with Gasteiger partial charge in [0.1, 0.15) is 5.01 Å². The van der Waals surface area contributed by atoms with Gasteiger partial charge < -0.3 is 15.0 Å². The number of morpholine rings is 1. The number of carbonyl (C=O) groups is 2. The average molecular weight is 359 g/mol. The van der Waals surface area contributed by atoms with Crippen LogP contribution in [0.1, 0.15) is 17.5 Å². The van der Waals surface area contributed by atoms with Crippen LogP contribution in [-0.4, -0.2) is 48.0 Å². The molecule has 1 aromatic heterocycles. The van der Waals surface area contributed by atoms with E-state index in [2.05, 4.69) is 10.3 Å². The number of thiazole rings is 1. The zero-order valence-corrected chi connectivity index (χ0v) is 15.0. The summed E-state index contributed by atoms with van der Waals surface area (Å²) in [4.78, 5) is 29.7. The maximum Gasteiger partial charge on any atom is 0.229 e. The molecule has 1 aliphatic heterocycles. The first-order valence-corrected chi connectivity index (χ1v) is 9.13. The molecule has 1 saturated heterocycles. The first-order valence-electron chi connectivity index (χ1n) is 8.25. The van der Waals surface area contributed by atoms with Crippen molar-refractivity contribution < 1.29 is 14.3 Å². The summed E-state index contributed by atoms with van der Waals surface area (Å²) >= 11 is 1.51. The highest BCUT2D eigenvalue weighted by Gasteiger charge is 2.18. The average Bonchev–Trinajstić information content (AvgIpc) is 3.09. The molecule has 0 saturated carbocycles.